The number of rotatable bonds is 4. The summed E-state index contributed by atoms with van der Waals surface area (Å²) in [6.45, 7) is 2.96. The molecule has 3 unspecified atom stereocenters. The molecular weight excluding hydrogens is 442 g/mol. The number of ketones is 1. The minimum absolute atomic E-state index is 0.0649. The average molecular weight is 470 g/mol. The Morgan fingerprint density at radius 2 is 1.91 bits per heavy atom. The van der Waals surface area contributed by atoms with E-state index in [0.717, 1.165) is 46.9 Å². The number of carbonyl (C=O) groups is 2. The van der Waals surface area contributed by atoms with Gasteiger partial charge in [0.1, 0.15) is 17.6 Å². The minimum atomic E-state index is -0.700. The van der Waals surface area contributed by atoms with E-state index in [9.17, 15) is 14.7 Å². The van der Waals surface area contributed by atoms with Crippen LogP contribution < -0.4 is 4.74 Å². The first-order chi connectivity index (χ1) is 17.0. The first-order valence-corrected chi connectivity index (χ1v) is 12.2. The van der Waals surface area contributed by atoms with Crippen LogP contribution in [0.2, 0.25) is 0 Å². The van der Waals surface area contributed by atoms with Crippen LogP contribution in [0.4, 0.5) is 0 Å². The van der Waals surface area contributed by atoms with Crippen LogP contribution in [0.15, 0.2) is 66.2 Å². The van der Waals surface area contributed by atoms with Crippen LogP contribution in [0.25, 0.3) is 16.5 Å². The highest BCUT2D eigenvalue weighted by Crippen LogP contribution is 2.43. The molecule has 6 heteroatoms. The number of hydrogen-bond donors (Lipinski definition) is 1. The zero-order chi connectivity index (χ0) is 24.1. The number of hydrogen-bond acceptors (Lipinski definition) is 5. The fourth-order valence-corrected chi connectivity index (χ4v) is 5.61. The predicted molar refractivity (Wildman–Crippen MR) is 132 cm³/mol. The molecule has 178 valence electrons. The lowest BCUT2D eigenvalue weighted by atomic mass is 9.91. The number of Topliss-reactive ketones (excluding diaryl/α,β-unsaturated/α-hetero) is 1. The third-order valence-electron chi connectivity index (χ3n) is 7.25. The highest BCUT2D eigenvalue weighted by molar-refractivity contribution is 6.46. The molecule has 3 atom stereocenters. The van der Waals surface area contributed by atoms with Gasteiger partial charge >= 0.3 is 0 Å². The fraction of sp³-hybridized carbons (Fsp3) is 0.310. The van der Waals surface area contributed by atoms with E-state index >= 15 is 0 Å². The van der Waals surface area contributed by atoms with Crippen LogP contribution in [-0.4, -0.2) is 47.1 Å². The Hall–Kier alpha value is -3.64. The van der Waals surface area contributed by atoms with Gasteiger partial charge in [-0.1, -0.05) is 42.5 Å². The Balaban J connectivity index is 1.52. The van der Waals surface area contributed by atoms with E-state index in [1.807, 2.05) is 61.5 Å². The van der Waals surface area contributed by atoms with Crippen molar-refractivity contribution in [3.63, 3.8) is 0 Å². The number of ether oxygens (including phenoxy) is 2. The van der Waals surface area contributed by atoms with Crippen LogP contribution in [0.3, 0.4) is 0 Å². The maximum absolute atomic E-state index is 13.4. The summed E-state index contributed by atoms with van der Waals surface area (Å²) in [6, 6.07) is 18.5. The van der Waals surface area contributed by atoms with Gasteiger partial charge in [-0.15, -0.1) is 0 Å². The summed E-state index contributed by atoms with van der Waals surface area (Å²) < 4.78 is 11.6. The number of likely N-dealkylation sites (tertiary alicyclic amines) is 1. The fourth-order valence-electron chi connectivity index (χ4n) is 5.61. The molecule has 0 saturated carbocycles. The standard InChI is InChI=1S/C29H27NO5/c1-17-14-20-15-19(11-12-24(20)35-17)27(31)25-26(23-10-4-7-18-6-2-3-9-22(18)23)30(29(33)28(25)32)16-21-8-5-13-34-21/h2-4,6-7,9-12,15,17,21,26,31H,5,8,13-14,16H2,1H3/b27-25+. The van der Waals surface area contributed by atoms with E-state index in [1.165, 1.54) is 0 Å². The van der Waals surface area contributed by atoms with Crippen LogP contribution in [0.5, 0.6) is 5.75 Å². The van der Waals surface area contributed by atoms with Crippen molar-refractivity contribution < 1.29 is 24.2 Å². The Morgan fingerprint density at radius 1 is 1.09 bits per heavy atom. The Morgan fingerprint density at radius 3 is 2.74 bits per heavy atom. The summed E-state index contributed by atoms with van der Waals surface area (Å²) in [5, 5.41) is 13.5. The van der Waals surface area contributed by atoms with Crippen LogP contribution in [0.1, 0.15) is 42.5 Å². The van der Waals surface area contributed by atoms with E-state index in [0.29, 0.717) is 18.7 Å². The zero-order valence-corrected chi connectivity index (χ0v) is 19.6. The lowest BCUT2D eigenvalue weighted by molar-refractivity contribution is -0.140. The number of fused-ring (bicyclic) bond motifs is 2. The number of carbonyl (C=O) groups excluding carboxylic acids is 2. The molecule has 0 spiro atoms. The molecule has 0 bridgehead atoms. The molecule has 3 aliphatic rings. The van der Waals surface area contributed by atoms with Gasteiger partial charge in [-0.05, 0) is 59.9 Å². The molecule has 3 aromatic rings. The summed E-state index contributed by atoms with van der Waals surface area (Å²) in [6.07, 6.45) is 2.45. The van der Waals surface area contributed by atoms with E-state index in [4.69, 9.17) is 9.47 Å². The van der Waals surface area contributed by atoms with Crippen molar-refractivity contribution in [1.82, 2.24) is 4.90 Å². The van der Waals surface area contributed by atoms with Gasteiger partial charge in [0, 0.05) is 25.1 Å². The van der Waals surface area contributed by atoms with Gasteiger partial charge in [-0.3, -0.25) is 9.59 Å². The molecule has 6 rings (SSSR count). The molecule has 2 saturated heterocycles. The predicted octanol–water partition coefficient (Wildman–Crippen LogP) is 4.76. The van der Waals surface area contributed by atoms with E-state index in [-0.39, 0.29) is 23.5 Å². The number of nitrogens with zero attached hydrogens (tertiary/aromatic N) is 1. The van der Waals surface area contributed by atoms with E-state index < -0.39 is 17.7 Å². The topological polar surface area (TPSA) is 76.1 Å². The maximum atomic E-state index is 13.4. The molecule has 6 nitrogen and oxygen atoms in total. The first-order valence-electron chi connectivity index (χ1n) is 12.2. The van der Waals surface area contributed by atoms with Gasteiger partial charge in [-0.2, -0.15) is 0 Å². The second-order valence-electron chi connectivity index (χ2n) is 9.61. The van der Waals surface area contributed by atoms with Gasteiger partial charge in [0.25, 0.3) is 11.7 Å². The molecule has 1 N–H and O–H groups in total. The average Bonchev–Trinajstić information content (AvgIpc) is 3.57. The molecule has 35 heavy (non-hydrogen) atoms. The van der Waals surface area contributed by atoms with Gasteiger partial charge in [-0.25, -0.2) is 0 Å². The molecule has 2 fully saturated rings. The van der Waals surface area contributed by atoms with Crippen molar-refractivity contribution >= 4 is 28.2 Å². The number of aliphatic hydroxyl groups excluding tert-OH is 1. The van der Waals surface area contributed by atoms with Crippen LogP contribution in [0, 0.1) is 0 Å². The van der Waals surface area contributed by atoms with Gasteiger partial charge in [0.2, 0.25) is 0 Å². The van der Waals surface area contributed by atoms with Gasteiger partial charge < -0.3 is 19.5 Å². The molecule has 3 heterocycles. The lowest BCUT2D eigenvalue weighted by Gasteiger charge is -2.28. The quantitative estimate of drug-likeness (QED) is 0.339. The SMILES string of the molecule is CC1Cc2cc(/C(O)=C3\C(=O)C(=O)N(CC4CCCO4)C3c3cccc4ccccc34)ccc2O1. The highest BCUT2D eigenvalue weighted by Gasteiger charge is 2.47. The first kappa shape index (κ1) is 21.9. The molecule has 0 radical (unpaired) electrons. The van der Waals surface area contributed by atoms with Crippen molar-refractivity contribution in [1.29, 1.82) is 0 Å². The second-order valence-corrected chi connectivity index (χ2v) is 9.61. The Labute approximate surface area is 203 Å². The van der Waals surface area contributed by atoms with Gasteiger partial charge in [0.05, 0.1) is 17.7 Å². The van der Waals surface area contributed by atoms with E-state index in [1.54, 1.807) is 11.0 Å². The molecule has 1 amide bonds. The normalized spacial score (nSPS) is 25.3. The van der Waals surface area contributed by atoms with Crippen LogP contribution in [-0.2, 0) is 20.7 Å². The summed E-state index contributed by atoms with van der Waals surface area (Å²) in [5.74, 6) is -0.626. The third-order valence-corrected chi connectivity index (χ3v) is 7.25. The molecule has 0 aliphatic carbocycles. The van der Waals surface area contributed by atoms with Crippen molar-refractivity contribution in [2.75, 3.05) is 13.2 Å². The minimum Gasteiger partial charge on any atom is -0.507 e. The number of benzene rings is 3. The summed E-state index contributed by atoms with van der Waals surface area (Å²) in [7, 11) is 0. The largest absolute Gasteiger partial charge is 0.507 e. The van der Waals surface area contributed by atoms with E-state index in [2.05, 4.69) is 0 Å². The molecule has 0 aromatic heterocycles. The lowest BCUT2D eigenvalue weighted by Crippen LogP contribution is -2.36. The zero-order valence-electron chi connectivity index (χ0n) is 19.6. The van der Waals surface area contributed by atoms with Crippen molar-refractivity contribution in [3.8, 4) is 5.75 Å². The third kappa shape index (κ3) is 3.69. The van der Waals surface area contributed by atoms with Crippen molar-refractivity contribution in [3.05, 3.63) is 82.9 Å². The monoisotopic (exact) mass is 469 g/mol. The van der Waals surface area contributed by atoms with Crippen LogP contribution >= 0.6 is 0 Å². The molecular formula is C29H27NO5. The maximum Gasteiger partial charge on any atom is 0.295 e. The number of amides is 1. The van der Waals surface area contributed by atoms with Crippen molar-refractivity contribution in [2.24, 2.45) is 0 Å². The van der Waals surface area contributed by atoms with Gasteiger partial charge in [0.15, 0.2) is 0 Å². The Kier molecular flexibility index (Phi) is 5.33. The summed E-state index contributed by atoms with van der Waals surface area (Å²) in [5.41, 5.74) is 2.44. The smallest absolute Gasteiger partial charge is 0.295 e. The second kappa shape index (κ2) is 8.54. The molecule has 3 aliphatic heterocycles. The summed E-state index contributed by atoms with van der Waals surface area (Å²) in [4.78, 5) is 28.4. The summed E-state index contributed by atoms with van der Waals surface area (Å²) >= 11 is 0. The number of aliphatic hydroxyl groups is 1. The Bertz CT molecular complexity index is 1370. The molecule has 3 aromatic carbocycles. The highest BCUT2D eigenvalue weighted by atomic mass is 16.5. The van der Waals surface area contributed by atoms with Crippen molar-refractivity contribution in [2.45, 2.75) is 44.4 Å².